The van der Waals surface area contributed by atoms with Gasteiger partial charge in [0, 0.05) is 25.8 Å². The molecule has 0 fully saturated rings. The minimum Gasteiger partial charge on any atom is -0.465 e. The Morgan fingerprint density at radius 3 is 2.68 bits per heavy atom. The lowest BCUT2D eigenvalue weighted by atomic mass is 10.1. The molecule has 1 N–H and O–H groups in total. The van der Waals surface area contributed by atoms with Gasteiger partial charge in [-0.25, -0.2) is 4.79 Å². The number of benzene rings is 2. The molecule has 1 heterocycles. The highest BCUT2D eigenvalue weighted by molar-refractivity contribution is 5.97. The van der Waals surface area contributed by atoms with Crippen molar-refractivity contribution in [3.05, 3.63) is 65.2 Å². The lowest BCUT2D eigenvalue weighted by molar-refractivity contribution is 0.0600. The highest BCUT2D eigenvalue weighted by atomic mass is 16.5. The van der Waals surface area contributed by atoms with Crippen molar-refractivity contribution in [3.8, 4) is 0 Å². The Balaban J connectivity index is 1.57. The number of carbonyl (C=O) groups is 1. The quantitative estimate of drug-likeness (QED) is 0.529. The molecule has 0 atom stereocenters. The second-order valence-electron chi connectivity index (χ2n) is 5.94. The van der Waals surface area contributed by atoms with E-state index in [1.54, 1.807) is 12.1 Å². The van der Waals surface area contributed by atoms with Crippen molar-refractivity contribution in [3.63, 3.8) is 0 Å². The van der Waals surface area contributed by atoms with E-state index in [4.69, 9.17) is 4.74 Å². The van der Waals surface area contributed by atoms with E-state index in [1.807, 2.05) is 19.2 Å². The summed E-state index contributed by atoms with van der Waals surface area (Å²) in [6.45, 7) is 1.73. The van der Waals surface area contributed by atoms with Gasteiger partial charge in [0.15, 0.2) is 5.96 Å². The number of guanidine groups is 1. The second-order valence-corrected chi connectivity index (χ2v) is 5.94. The maximum Gasteiger partial charge on any atom is 0.337 e. The summed E-state index contributed by atoms with van der Waals surface area (Å²) in [6.07, 6.45) is 1.90. The number of aliphatic imine (C=N–C) groups is 1. The summed E-state index contributed by atoms with van der Waals surface area (Å²) in [6, 6.07) is 16.0. The number of hydrogen-bond donors (Lipinski definition) is 1. The first-order valence-electron chi connectivity index (χ1n) is 8.46. The van der Waals surface area contributed by atoms with Crippen molar-refractivity contribution in [1.29, 1.82) is 0 Å². The Bertz CT molecular complexity index is 769. The van der Waals surface area contributed by atoms with Crippen LogP contribution in [-0.4, -0.2) is 39.2 Å². The van der Waals surface area contributed by atoms with Crippen LogP contribution >= 0.6 is 0 Å². The third-order valence-corrected chi connectivity index (χ3v) is 4.43. The van der Waals surface area contributed by atoms with Crippen LogP contribution in [0.2, 0.25) is 0 Å². The van der Waals surface area contributed by atoms with Crippen molar-refractivity contribution in [1.82, 2.24) is 5.32 Å². The van der Waals surface area contributed by atoms with Crippen LogP contribution in [0.3, 0.4) is 0 Å². The molecular weight excluding hydrogens is 314 g/mol. The molecule has 0 radical (unpaired) electrons. The Morgan fingerprint density at radius 2 is 1.96 bits per heavy atom. The average Bonchev–Trinajstić information content (AvgIpc) is 3.09. The number of methoxy groups -OCH3 is 1. The van der Waals surface area contributed by atoms with Crippen molar-refractivity contribution >= 4 is 17.6 Å². The van der Waals surface area contributed by atoms with E-state index in [0.717, 1.165) is 37.5 Å². The smallest absolute Gasteiger partial charge is 0.337 e. The molecule has 0 aliphatic carbocycles. The maximum atomic E-state index is 11.5. The number of rotatable bonds is 4. The van der Waals surface area contributed by atoms with Crippen LogP contribution in [0, 0.1) is 0 Å². The number of ether oxygens (including phenoxy) is 1. The summed E-state index contributed by atoms with van der Waals surface area (Å²) in [5.41, 5.74) is 4.34. The highest BCUT2D eigenvalue weighted by Gasteiger charge is 2.22. The highest BCUT2D eigenvalue weighted by Crippen LogP contribution is 2.27. The number of carbonyl (C=O) groups excluding carboxylic acids is 1. The zero-order chi connectivity index (χ0) is 17.6. The van der Waals surface area contributed by atoms with Gasteiger partial charge < -0.3 is 15.0 Å². The third kappa shape index (κ3) is 3.82. The molecular formula is C20H23N3O2. The molecule has 0 bridgehead atoms. The maximum absolute atomic E-state index is 11.5. The molecule has 0 spiro atoms. The number of esters is 1. The zero-order valence-electron chi connectivity index (χ0n) is 14.7. The number of para-hydroxylation sites is 1. The lowest BCUT2D eigenvalue weighted by Crippen LogP contribution is -2.41. The van der Waals surface area contributed by atoms with Crippen molar-refractivity contribution in [2.75, 3.05) is 32.1 Å². The van der Waals surface area contributed by atoms with Gasteiger partial charge >= 0.3 is 5.97 Å². The van der Waals surface area contributed by atoms with E-state index >= 15 is 0 Å². The summed E-state index contributed by atoms with van der Waals surface area (Å²) >= 11 is 0. The molecule has 0 aromatic heterocycles. The van der Waals surface area contributed by atoms with Gasteiger partial charge in [-0.2, -0.15) is 0 Å². The lowest BCUT2D eigenvalue weighted by Gasteiger charge is -2.22. The molecule has 1 aliphatic heterocycles. The monoisotopic (exact) mass is 337 g/mol. The van der Waals surface area contributed by atoms with Gasteiger partial charge in [0.25, 0.3) is 0 Å². The Hall–Kier alpha value is -2.82. The molecule has 0 saturated heterocycles. The largest absolute Gasteiger partial charge is 0.465 e. The van der Waals surface area contributed by atoms with E-state index in [9.17, 15) is 4.79 Å². The molecule has 3 rings (SSSR count). The second kappa shape index (κ2) is 7.83. The summed E-state index contributed by atoms with van der Waals surface area (Å²) in [4.78, 5) is 18.1. The molecule has 0 unspecified atom stereocenters. The molecule has 5 heteroatoms. The van der Waals surface area contributed by atoms with Crippen molar-refractivity contribution < 1.29 is 9.53 Å². The van der Waals surface area contributed by atoms with E-state index in [-0.39, 0.29) is 5.97 Å². The zero-order valence-corrected chi connectivity index (χ0v) is 14.7. The predicted octanol–water partition coefficient (Wildman–Crippen LogP) is 2.65. The molecule has 130 valence electrons. The first kappa shape index (κ1) is 17.0. The summed E-state index contributed by atoms with van der Waals surface area (Å²) in [7, 11) is 3.21. The Morgan fingerprint density at radius 1 is 1.20 bits per heavy atom. The molecule has 2 aromatic rings. The minimum absolute atomic E-state index is 0.308. The minimum atomic E-state index is -0.308. The Kier molecular flexibility index (Phi) is 5.33. The average molecular weight is 337 g/mol. The van der Waals surface area contributed by atoms with Crippen LogP contribution in [0.1, 0.15) is 21.5 Å². The van der Waals surface area contributed by atoms with Crippen LogP contribution in [0.4, 0.5) is 5.69 Å². The SMILES string of the molecule is CN=C(NCCc1ccc(C(=O)OC)cc1)N1CCc2ccccc21. The molecule has 5 nitrogen and oxygen atoms in total. The van der Waals surface area contributed by atoms with Crippen LogP contribution in [0.15, 0.2) is 53.5 Å². The van der Waals surface area contributed by atoms with Crippen molar-refractivity contribution in [2.24, 2.45) is 4.99 Å². The molecule has 0 saturated carbocycles. The molecule has 1 aliphatic rings. The van der Waals surface area contributed by atoms with Gasteiger partial charge in [-0.3, -0.25) is 4.99 Å². The normalized spacial score (nSPS) is 13.5. The fourth-order valence-corrected chi connectivity index (χ4v) is 3.10. The van der Waals surface area contributed by atoms with Gasteiger partial charge in [-0.05, 0) is 42.2 Å². The standard InChI is InChI=1S/C20H23N3O2/c1-21-20(23-14-12-16-5-3-4-6-18(16)23)22-13-11-15-7-9-17(10-8-15)19(24)25-2/h3-10H,11-14H2,1-2H3,(H,21,22). The van der Waals surface area contributed by atoms with Gasteiger partial charge in [0.2, 0.25) is 0 Å². The number of hydrogen-bond acceptors (Lipinski definition) is 3. The van der Waals surface area contributed by atoms with Gasteiger partial charge in [-0.15, -0.1) is 0 Å². The number of fused-ring (bicyclic) bond motifs is 1. The topological polar surface area (TPSA) is 53.9 Å². The van der Waals surface area contributed by atoms with Crippen LogP contribution in [-0.2, 0) is 17.6 Å². The van der Waals surface area contributed by atoms with Crippen LogP contribution in [0.25, 0.3) is 0 Å². The molecule has 0 amide bonds. The molecule has 25 heavy (non-hydrogen) atoms. The summed E-state index contributed by atoms with van der Waals surface area (Å²) in [5, 5.41) is 3.43. The number of nitrogens with zero attached hydrogens (tertiary/aromatic N) is 2. The number of anilines is 1. The molecule has 2 aromatic carbocycles. The summed E-state index contributed by atoms with van der Waals surface area (Å²) in [5.74, 6) is 0.592. The van der Waals surface area contributed by atoms with Gasteiger partial charge in [0.05, 0.1) is 12.7 Å². The predicted molar refractivity (Wildman–Crippen MR) is 100 cm³/mol. The van der Waals surface area contributed by atoms with E-state index in [1.165, 1.54) is 18.4 Å². The number of nitrogens with one attached hydrogen (secondary N) is 1. The third-order valence-electron chi connectivity index (χ3n) is 4.43. The first-order chi connectivity index (χ1) is 12.2. The van der Waals surface area contributed by atoms with Gasteiger partial charge in [0.1, 0.15) is 0 Å². The Labute approximate surface area is 148 Å². The fraction of sp³-hybridized carbons (Fsp3) is 0.300. The summed E-state index contributed by atoms with van der Waals surface area (Å²) < 4.78 is 4.72. The van der Waals surface area contributed by atoms with Crippen LogP contribution in [0.5, 0.6) is 0 Å². The van der Waals surface area contributed by atoms with Crippen molar-refractivity contribution in [2.45, 2.75) is 12.8 Å². The van der Waals surface area contributed by atoms with E-state index in [0.29, 0.717) is 5.56 Å². The van der Waals surface area contributed by atoms with Crippen LogP contribution < -0.4 is 10.2 Å². The van der Waals surface area contributed by atoms with E-state index in [2.05, 4.69) is 39.5 Å². The van der Waals surface area contributed by atoms with Gasteiger partial charge in [-0.1, -0.05) is 30.3 Å². The first-order valence-corrected chi connectivity index (χ1v) is 8.46. The fourth-order valence-electron chi connectivity index (χ4n) is 3.10. The van der Waals surface area contributed by atoms with E-state index < -0.39 is 0 Å².